The minimum atomic E-state index is -3.61. The van der Waals surface area contributed by atoms with Gasteiger partial charge in [-0.15, -0.1) is 0 Å². The van der Waals surface area contributed by atoms with Gasteiger partial charge in [-0.2, -0.15) is 0 Å². The van der Waals surface area contributed by atoms with Crippen molar-refractivity contribution in [3.05, 3.63) is 24.5 Å². The van der Waals surface area contributed by atoms with E-state index in [1.807, 2.05) is 35.8 Å². The molecule has 10 nitrogen and oxygen atoms in total. The fourth-order valence-electron chi connectivity index (χ4n) is 4.82. The van der Waals surface area contributed by atoms with Crippen molar-refractivity contribution >= 4 is 27.6 Å². The number of unbranched alkanes of at least 4 members (excludes halogenated alkanes) is 1. The maximum Gasteiger partial charge on any atom is 0.329 e. The molecule has 1 aromatic heterocycles. The number of aromatic nitrogens is 1. The first-order chi connectivity index (χ1) is 17.3. The van der Waals surface area contributed by atoms with Crippen LogP contribution in [-0.2, 0) is 24.4 Å². The Morgan fingerprint density at radius 3 is 2.36 bits per heavy atom. The number of pyridine rings is 1. The van der Waals surface area contributed by atoms with Crippen LogP contribution >= 0.6 is 0 Å². The molecule has 1 N–H and O–H groups in total. The molecule has 11 heteroatoms. The number of sulfonamides is 1. The quantitative estimate of drug-likeness (QED) is 0.414. The predicted molar refractivity (Wildman–Crippen MR) is 139 cm³/mol. The highest BCUT2D eigenvalue weighted by Gasteiger charge is 2.29. The largest absolute Gasteiger partial charge is 0.369 e. The van der Waals surface area contributed by atoms with Crippen molar-refractivity contribution in [2.45, 2.75) is 52.4 Å². The van der Waals surface area contributed by atoms with E-state index in [0.717, 1.165) is 45.4 Å². The summed E-state index contributed by atoms with van der Waals surface area (Å²) in [5.74, 6) is -0.462. The lowest BCUT2D eigenvalue weighted by Gasteiger charge is -2.38. The topological polar surface area (TPSA) is 112 Å². The molecule has 1 atom stereocenters. The molecule has 3 rings (SSSR count). The third-order valence-corrected chi connectivity index (χ3v) is 8.37. The van der Waals surface area contributed by atoms with Gasteiger partial charge in [0.1, 0.15) is 0 Å². The Morgan fingerprint density at radius 2 is 1.75 bits per heavy atom. The average Bonchev–Trinajstić information content (AvgIpc) is 2.90. The number of nitrogens with one attached hydrogen (secondary N) is 1. The SMILES string of the molecule is CCCCS(=O)(=O)NOC(=O)C(CC)CC1CCN(C(=O)CN2CCN(c3ccncc3)CC2)CC1. The van der Waals surface area contributed by atoms with Gasteiger partial charge in [-0.3, -0.25) is 19.5 Å². The molecule has 0 spiro atoms. The lowest BCUT2D eigenvalue weighted by atomic mass is 9.86. The lowest BCUT2D eigenvalue weighted by molar-refractivity contribution is -0.153. The van der Waals surface area contributed by atoms with E-state index < -0.39 is 16.0 Å². The highest BCUT2D eigenvalue weighted by molar-refractivity contribution is 7.89. The Balaban J connectivity index is 1.36. The monoisotopic (exact) mass is 523 g/mol. The minimum Gasteiger partial charge on any atom is -0.369 e. The molecule has 2 aliphatic rings. The molecule has 36 heavy (non-hydrogen) atoms. The summed E-state index contributed by atoms with van der Waals surface area (Å²) in [6.07, 6.45) is 7.78. The van der Waals surface area contributed by atoms with Gasteiger partial charge in [0.15, 0.2) is 0 Å². The van der Waals surface area contributed by atoms with Crippen LogP contribution in [0.2, 0.25) is 0 Å². The molecule has 2 saturated heterocycles. The normalized spacial score (nSPS) is 18.7. The Morgan fingerprint density at radius 1 is 1.08 bits per heavy atom. The molecule has 0 aromatic carbocycles. The van der Waals surface area contributed by atoms with E-state index in [1.165, 1.54) is 5.69 Å². The van der Waals surface area contributed by atoms with Gasteiger partial charge in [-0.1, -0.05) is 20.3 Å². The van der Waals surface area contributed by atoms with Gasteiger partial charge >= 0.3 is 5.97 Å². The number of carbonyl (C=O) groups excluding carboxylic acids is 2. The molecule has 1 amide bonds. The number of carbonyl (C=O) groups is 2. The van der Waals surface area contributed by atoms with Crippen LogP contribution in [0.4, 0.5) is 5.69 Å². The summed E-state index contributed by atoms with van der Waals surface area (Å²) in [6.45, 7) is 9.12. The highest BCUT2D eigenvalue weighted by atomic mass is 32.2. The second-order valence-corrected chi connectivity index (χ2v) is 11.6. The summed E-state index contributed by atoms with van der Waals surface area (Å²) in [6, 6.07) is 4.03. The van der Waals surface area contributed by atoms with Crippen LogP contribution < -0.4 is 9.79 Å². The Hall–Kier alpha value is -2.24. The van der Waals surface area contributed by atoms with Crippen molar-refractivity contribution in [3.8, 4) is 0 Å². The molecule has 2 aliphatic heterocycles. The maximum atomic E-state index is 12.9. The molecule has 202 valence electrons. The molecule has 2 fully saturated rings. The third-order valence-electron chi connectivity index (χ3n) is 7.21. The summed E-state index contributed by atoms with van der Waals surface area (Å²) in [5.41, 5.74) is 1.17. The van der Waals surface area contributed by atoms with E-state index >= 15 is 0 Å². The number of hydrogen-bond donors (Lipinski definition) is 1. The van der Waals surface area contributed by atoms with E-state index in [9.17, 15) is 18.0 Å². The summed E-state index contributed by atoms with van der Waals surface area (Å²) < 4.78 is 23.8. The molecule has 0 aliphatic carbocycles. The summed E-state index contributed by atoms with van der Waals surface area (Å²) in [4.78, 5) is 42.8. The number of anilines is 1. The zero-order valence-electron chi connectivity index (χ0n) is 21.6. The molecule has 0 saturated carbocycles. The van der Waals surface area contributed by atoms with Crippen molar-refractivity contribution in [2.75, 3.05) is 56.5 Å². The van der Waals surface area contributed by atoms with Gasteiger partial charge in [-0.05, 0) is 55.0 Å². The minimum absolute atomic E-state index is 0.0551. The second-order valence-electron chi connectivity index (χ2n) is 9.81. The van der Waals surface area contributed by atoms with Crippen molar-refractivity contribution in [3.63, 3.8) is 0 Å². The van der Waals surface area contributed by atoms with E-state index in [0.29, 0.717) is 44.8 Å². The van der Waals surface area contributed by atoms with Crippen LogP contribution in [0.1, 0.15) is 52.4 Å². The number of likely N-dealkylation sites (tertiary alicyclic amines) is 1. The van der Waals surface area contributed by atoms with Gasteiger partial charge in [0.2, 0.25) is 15.9 Å². The molecule has 0 radical (unpaired) electrons. The molecular weight excluding hydrogens is 482 g/mol. The molecule has 0 bridgehead atoms. The first-order valence-electron chi connectivity index (χ1n) is 13.2. The number of amides is 1. The number of nitrogens with zero attached hydrogens (tertiary/aromatic N) is 4. The Labute approximate surface area is 215 Å². The van der Waals surface area contributed by atoms with E-state index in [-0.39, 0.29) is 17.6 Å². The standard InChI is InChI=1S/C25H41N5O5S/c1-3-5-18-36(33,34)27-35-25(32)22(4-2)19-21-8-12-30(13-9-21)24(31)20-28-14-16-29(17-15-28)23-6-10-26-11-7-23/h6-7,10-11,21-22,27H,3-5,8-9,12-20H2,1-2H3. The van der Waals surface area contributed by atoms with Gasteiger partial charge < -0.3 is 14.6 Å². The zero-order valence-corrected chi connectivity index (χ0v) is 22.4. The van der Waals surface area contributed by atoms with Crippen LogP contribution in [0, 0.1) is 11.8 Å². The fraction of sp³-hybridized carbons (Fsp3) is 0.720. The first kappa shape index (κ1) is 28.3. The molecule has 1 aromatic rings. The second kappa shape index (κ2) is 13.9. The van der Waals surface area contributed by atoms with Crippen LogP contribution in [0.15, 0.2) is 24.5 Å². The van der Waals surface area contributed by atoms with Gasteiger partial charge in [0.05, 0.1) is 18.2 Å². The third kappa shape index (κ3) is 8.70. The van der Waals surface area contributed by atoms with E-state index in [1.54, 1.807) is 12.4 Å². The van der Waals surface area contributed by atoms with Crippen molar-refractivity contribution in [1.82, 2.24) is 19.7 Å². The van der Waals surface area contributed by atoms with E-state index in [2.05, 4.69) is 14.8 Å². The lowest BCUT2D eigenvalue weighted by Crippen LogP contribution is -2.51. The first-order valence-corrected chi connectivity index (χ1v) is 14.8. The van der Waals surface area contributed by atoms with Crippen molar-refractivity contribution < 1.29 is 22.8 Å². The van der Waals surface area contributed by atoms with Gasteiger partial charge in [0.25, 0.3) is 0 Å². The average molecular weight is 524 g/mol. The number of piperazine rings is 1. The maximum absolute atomic E-state index is 12.9. The number of piperidine rings is 1. The van der Waals surface area contributed by atoms with Crippen LogP contribution in [-0.4, -0.2) is 86.6 Å². The molecule has 3 heterocycles. The van der Waals surface area contributed by atoms with Crippen LogP contribution in [0.5, 0.6) is 0 Å². The van der Waals surface area contributed by atoms with Gasteiger partial charge in [0, 0.05) is 57.3 Å². The predicted octanol–water partition coefficient (Wildman–Crippen LogP) is 2.04. The van der Waals surface area contributed by atoms with Crippen molar-refractivity contribution in [1.29, 1.82) is 0 Å². The zero-order chi connectivity index (χ0) is 26.0. The van der Waals surface area contributed by atoms with E-state index in [4.69, 9.17) is 4.84 Å². The number of rotatable bonds is 12. The molecule has 1 unspecified atom stereocenters. The fourth-order valence-corrected chi connectivity index (χ4v) is 5.79. The summed E-state index contributed by atoms with van der Waals surface area (Å²) >= 11 is 0. The molecular formula is C25H41N5O5S. The Bertz CT molecular complexity index is 929. The highest BCUT2D eigenvalue weighted by Crippen LogP contribution is 2.27. The number of hydrogen-bond acceptors (Lipinski definition) is 8. The Kier molecular flexibility index (Phi) is 10.9. The summed E-state index contributed by atoms with van der Waals surface area (Å²) in [7, 11) is -3.61. The van der Waals surface area contributed by atoms with Crippen LogP contribution in [0.25, 0.3) is 0 Å². The van der Waals surface area contributed by atoms with Crippen molar-refractivity contribution in [2.24, 2.45) is 11.8 Å². The van der Waals surface area contributed by atoms with Gasteiger partial charge in [-0.25, -0.2) is 8.42 Å². The smallest absolute Gasteiger partial charge is 0.329 e. The van der Waals surface area contributed by atoms with Crippen LogP contribution in [0.3, 0.4) is 0 Å². The summed E-state index contributed by atoms with van der Waals surface area (Å²) in [5, 5.41) is 0.